The zero-order valence-corrected chi connectivity index (χ0v) is 33.4. The zero-order valence-electron chi connectivity index (χ0n) is 33.4. The van der Waals surface area contributed by atoms with Crippen LogP contribution in [0.1, 0.15) is 240 Å². The number of hydrogen-bond donors (Lipinski definition) is 1. The molecule has 0 aromatic heterocycles. The minimum atomic E-state index is 0.0460. The lowest BCUT2D eigenvalue weighted by Gasteiger charge is -2.18. The molecule has 0 aromatic rings. The highest BCUT2D eigenvalue weighted by molar-refractivity contribution is 5.69. The van der Waals surface area contributed by atoms with Crippen LogP contribution in [0.4, 0.5) is 0 Å². The van der Waals surface area contributed by atoms with Crippen LogP contribution in [0.3, 0.4) is 0 Å². The summed E-state index contributed by atoms with van der Waals surface area (Å²) < 4.78 is 10.9. The molecule has 0 heterocycles. The monoisotopic (exact) mass is 682 g/mol. The number of nitrogens with one attached hydrogen (secondary N) is 1. The molecule has 0 aromatic carbocycles. The minimum absolute atomic E-state index is 0.0460. The lowest BCUT2D eigenvalue weighted by atomic mass is 10.0. The number of rotatable bonds is 38. The van der Waals surface area contributed by atoms with Crippen molar-refractivity contribution in [2.75, 3.05) is 13.1 Å². The van der Waals surface area contributed by atoms with E-state index in [4.69, 9.17) is 9.47 Å². The topological polar surface area (TPSA) is 64.6 Å². The van der Waals surface area contributed by atoms with Gasteiger partial charge >= 0.3 is 5.97 Å². The summed E-state index contributed by atoms with van der Waals surface area (Å²) in [6, 6.07) is 0. The van der Waals surface area contributed by atoms with Crippen molar-refractivity contribution in [3.63, 3.8) is 0 Å². The van der Waals surface area contributed by atoms with Gasteiger partial charge in [-0.05, 0) is 77.3 Å². The van der Waals surface area contributed by atoms with E-state index in [1.165, 1.54) is 161 Å². The molecule has 1 N–H and O–H groups in total. The van der Waals surface area contributed by atoms with Gasteiger partial charge in [0.2, 0.25) is 0 Å². The van der Waals surface area contributed by atoms with Crippen LogP contribution in [-0.4, -0.2) is 37.7 Å². The molecule has 0 saturated heterocycles. The Bertz CT molecular complexity index is 614. The molecule has 2 atom stereocenters. The molecule has 0 rings (SSSR count). The van der Waals surface area contributed by atoms with Gasteiger partial charge in [0, 0.05) is 6.42 Å². The zero-order chi connectivity index (χ0) is 35.6. The van der Waals surface area contributed by atoms with Crippen molar-refractivity contribution in [1.29, 1.82) is 0 Å². The highest BCUT2D eigenvalue weighted by Crippen LogP contribution is 2.18. The Balaban J connectivity index is 0. The van der Waals surface area contributed by atoms with E-state index in [1.54, 1.807) is 0 Å². The third-order valence-electron chi connectivity index (χ3n) is 9.49. The Labute approximate surface area is 301 Å². The molecule has 5 heteroatoms. The molecule has 0 fully saturated rings. The van der Waals surface area contributed by atoms with E-state index < -0.39 is 0 Å². The first-order chi connectivity index (χ1) is 23.6. The van der Waals surface area contributed by atoms with E-state index in [9.17, 15) is 9.59 Å². The van der Waals surface area contributed by atoms with Crippen molar-refractivity contribution in [2.45, 2.75) is 252 Å². The SMILES string of the molecule is CCCCCCCCC(CCC)OC=O.CCCCCCCCNCCCCCCCC(=O)OC(CCCCCC)CCCCCCC. The average Bonchev–Trinajstić information content (AvgIpc) is 3.08. The summed E-state index contributed by atoms with van der Waals surface area (Å²) in [4.78, 5) is 22.6. The molecule has 0 aliphatic rings. The van der Waals surface area contributed by atoms with Crippen LogP contribution in [0.25, 0.3) is 0 Å². The lowest BCUT2D eigenvalue weighted by molar-refractivity contribution is -0.150. The molecule has 0 aliphatic carbocycles. The first-order valence-electron chi connectivity index (χ1n) is 21.6. The number of ether oxygens (including phenoxy) is 2. The van der Waals surface area contributed by atoms with Gasteiger partial charge in [-0.25, -0.2) is 0 Å². The molecule has 0 radical (unpaired) electrons. The molecule has 0 amide bonds. The van der Waals surface area contributed by atoms with Crippen LogP contribution in [0.15, 0.2) is 0 Å². The van der Waals surface area contributed by atoms with Gasteiger partial charge in [0.1, 0.15) is 12.2 Å². The Morgan fingerprint density at radius 1 is 0.458 bits per heavy atom. The van der Waals surface area contributed by atoms with Gasteiger partial charge in [-0.1, -0.05) is 169 Å². The molecule has 288 valence electrons. The Morgan fingerprint density at radius 2 is 0.833 bits per heavy atom. The van der Waals surface area contributed by atoms with Crippen molar-refractivity contribution >= 4 is 12.4 Å². The van der Waals surface area contributed by atoms with Crippen LogP contribution < -0.4 is 5.32 Å². The summed E-state index contributed by atoms with van der Waals surface area (Å²) in [7, 11) is 0. The van der Waals surface area contributed by atoms with E-state index in [0.29, 0.717) is 12.9 Å². The first-order valence-corrected chi connectivity index (χ1v) is 21.6. The number of carbonyl (C=O) groups excluding carboxylic acids is 2. The molecule has 5 nitrogen and oxygen atoms in total. The van der Waals surface area contributed by atoms with Crippen molar-refractivity contribution < 1.29 is 19.1 Å². The smallest absolute Gasteiger partial charge is 0.306 e. The van der Waals surface area contributed by atoms with Crippen molar-refractivity contribution in [3.8, 4) is 0 Å². The summed E-state index contributed by atoms with van der Waals surface area (Å²) in [6.07, 6.45) is 39.6. The fourth-order valence-corrected chi connectivity index (χ4v) is 6.32. The van der Waals surface area contributed by atoms with Crippen molar-refractivity contribution in [1.82, 2.24) is 5.32 Å². The second-order valence-electron chi connectivity index (χ2n) is 14.4. The van der Waals surface area contributed by atoms with E-state index in [-0.39, 0.29) is 18.2 Å². The van der Waals surface area contributed by atoms with E-state index in [2.05, 4.69) is 39.9 Å². The Kier molecular flexibility index (Phi) is 44.8. The second-order valence-corrected chi connectivity index (χ2v) is 14.4. The predicted octanol–water partition coefficient (Wildman–Crippen LogP) is 13.6. The first kappa shape index (κ1) is 49.0. The number of unbranched alkanes of at least 4 members (excludes halogenated alkanes) is 21. The van der Waals surface area contributed by atoms with Crippen LogP contribution >= 0.6 is 0 Å². The number of esters is 1. The van der Waals surface area contributed by atoms with Gasteiger partial charge in [0.15, 0.2) is 0 Å². The second kappa shape index (κ2) is 43.9. The Morgan fingerprint density at radius 3 is 1.27 bits per heavy atom. The van der Waals surface area contributed by atoms with Crippen LogP contribution in [0, 0.1) is 0 Å². The summed E-state index contributed by atoms with van der Waals surface area (Å²) in [5, 5.41) is 3.59. The van der Waals surface area contributed by atoms with E-state index >= 15 is 0 Å². The highest BCUT2D eigenvalue weighted by Gasteiger charge is 2.14. The Hall–Kier alpha value is -1.10. The standard InChI is InChI=1S/C30H61NO2.C13H26O2/c1-4-7-10-13-17-22-27-31-28-23-18-14-16-21-26-30(32)33-29(24-19-12-9-6-3)25-20-15-11-8-5-2;1-3-5-6-7-8-9-11-13(10-4-2)15-12-14/h29,31H,4-28H2,1-3H3;12-13H,3-11H2,1-2H3. The summed E-state index contributed by atoms with van der Waals surface area (Å²) >= 11 is 0. The molecule has 0 bridgehead atoms. The fourth-order valence-electron chi connectivity index (χ4n) is 6.32. The van der Waals surface area contributed by atoms with E-state index in [1.807, 2.05) is 0 Å². The largest absolute Gasteiger partial charge is 0.465 e. The highest BCUT2D eigenvalue weighted by atomic mass is 16.5. The molecule has 48 heavy (non-hydrogen) atoms. The molecule has 2 unspecified atom stereocenters. The van der Waals surface area contributed by atoms with Crippen LogP contribution in [0.2, 0.25) is 0 Å². The van der Waals surface area contributed by atoms with Crippen LogP contribution in [-0.2, 0) is 19.1 Å². The van der Waals surface area contributed by atoms with Gasteiger partial charge < -0.3 is 14.8 Å². The summed E-state index contributed by atoms with van der Waals surface area (Å²) in [6.45, 7) is 14.1. The van der Waals surface area contributed by atoms with Crippen LogP contribution in [0.5, 0.6) is 0 Å². The van der Waals surface area contributed by atoms with Crippen molar-refractivity contribution in [3.05, 3.63) is 0 Å². The number of carbonyl (C=O) groups is 2. The maximum absolute atomic E-state index is 12.4. The van der Waals surface area contributed by atoms with E-state index in [0.717, 1.165) is 51.5 Å². The van der Waals surface area contributed by atoms with Gasteiger partial charge in [-0.15, -0.1) is 0 Å². The average molecular weight is 682 g/mol. The van der Waals surface area contributed by atoms with Gasteiger partial charge in [0.05, 0.1) is 0 Å². The fraction of sp³-hybridized carbons (Fsp3) is 0.953. The molecular weight excluding hydrogens is 594 g/mol. The summed E-state index contributed by atoms with van der Waals surface area (Å²) in [5.41, 5.74) is 0. The quantitative estimate of drug-likeness (QED) is 0.0399. The van der Waals surface area contributed by atoms with Gasteiger partial charge in [0.25, 0.3) is 6.47 Å². The third-order valence-corrected chi connectivity index (χ3v) is 9.49. The van der Waals surface area contributed by atoms with Gasteiger partial charge in [-0.2, -0.15) is 0 Å². The summed E-state index contributed by atoms with van der Waals surface area (Å²) in [5.74, 6) is 0.0460. The van der Waals surface area contributed by atoms with Gasteiger partial charge in [-0.3, -0.25) is 9.59 Å². The molecule has 0 spiro atoms. The molecular formula is C43H87NO4. The minimum Gasteiger partial charge on any atom is -0.465 e. The van der Waals surface area contributed by atoms with Crippen molar-refractivity contribution in [2.24, 2.45) is 0 Å². The molecule has 0 saturated carbocycles. The molecule has 0 aliphatic heterocycles. The third kappa shape index (κ3) is 41.1. The normalized spacial score (nSPS) is 12.3. The maximum atomic E-state index is 12.4. The lowest BCUT2D eigenvalue weighted by Crippen LogP contribution is -2.18. The predicted molar refractivity (Wildman–Crippen MR) is 210 cm³/mol. The number of hydrogen-bond acceptors (Lipinski definition) is 5. The maximum Gasteiger partial charge on any atom is 0.306 e.